The molecule has 0 aromatic carbocycles. The molecule has 0 aliphatic carbocycles. The van der Waals surface area contributed by atoms with E-state index in [1.165, 1.54) is 11.3 Å². The predicted molar refractivity (Wildman–Crippen MR) is 74.9 cm³/mol. The number of aromatic amines is 1. The predicted octanol–water partition coefficient (Wildman–Crippen LogP) is 0.754. The highest BCUT2D eigenvalue weighted by molar-refractivity contribution is 7.10. The van der Waals surface area contributed by atoms with Crippen molar-refractivity contribution in [3.8, 4) is 11.8 Å². The van der Waals surface area contributed by atoms with Crippen LogP contribution < -0.4 is 11.1 Å². The van der Waals surface area contributed by atoms with Crippen LogP contribution in [0.4, 0.5) is 0 Å². The Balaban J connectivity index is 1.84. The normalized spacial score (nSPS) is 9.74. The van der Waals surface area contributed by atoms with Crippen LogP contribution in [0.2, 0.25) is 0 Å². The number of aromatic nitrogens is 2. The minimum atomic E-state index is -0.0865. The number of nitrogens with one attached hydrogen (secondary N) is 2. The summed E-state index contributed by atoms with van der Waals surface area (Å²) in [4.78, 5) is 19.6. The van der Waals surface area contributed by atoms with E-state index in [4.69, 9.17) is 5.73 Å². The van der Waals surface area contributed by atoms with Crippen molar-refractivity contribution in [2.45, 2.75) is 6.42 Å². The van der Waals surface area contributed by atoms with Crippen molar-refractivity contribution in [3.05, 3.63) is 40.1 Å². The van der Waals surface area contributed by atoms with Crippen molar-refractivity contribution >= 4 is 17.2 Å². The van der Waals surface area contributed by atoms with Crippen LogP contribution in [0.25, 0.3) is 0 Å². The lowest BCUT2D eigenvalue weighted by Gasteiger charge is -2.01. The molecule has 2 rings (SSSR count). The maximum absolute atomic E-state index is 11.9. The minimum Gasteiger partial charge on any atom is -0.352 e. The van der Waals surface area contributed by atoms with Crippen LogP contribution in [0, 0.1) is 11.8 Å². The van der Waals surface area contributed by atoms with Crippen LogP contribution in [-0.2, 0) is 6.42 Å². The fourth-order valence-corrected chi connectivity index (χ4v) is 2.25. The van der Waals surface area contributed by atoms with Gasteiger partial charge >= 0.3 is 0 Å². The van der Waals surface area contributed by atoms with Gasteiger partial charge in [-0.05, 0) is 6.07 Å². The Morgan fingerprint density at radius 3 is 3.21 bits per heavy atom. The van der Waals surface area contributed by atoms with E-state index in [0.29, 0.717) is 18.7 Å². The Morgan fingerprint density at radius 1 is 1.58 bits per heavy atom. The highest BCUT2D eigenvalue weighted by Crippen LogP contribution is 2.13. The van der Waals surface area contributed by atoms with Crippen LogP contribution in [0.5, 0.6) is 0 Å². The Hall–Kier alpha value is -2.10. The third kappa shape index (κ3) is 3.95. The van der Waals surface area contributed by atoms with Gasteiger partial charge in [-0.2, -0.15) is 0 Å². The summed E-state index contributed by atoms with van der Waals surface area (Å²) in [5, 5.41) is 4.65. The molecule has 0 radical (unpaired) electrons. The number of H-pyrrole nitrogens is 1. The zero-order chi connectivity index (χ0) is 13.5. The third-order valence-electron chi connectivity index (χ3n) is 2.41. The van der Waals surface area contributed by atoms with Gasteiger partial charge in [-0.15, -0.1) is 11.3 Å². The number of nitrogens with two attached hydrogens (primary N) is 1. The number of hydrogen-bond acceptors (Lipinski definition) is 4. The van der Waals surface area contributed by atoms with Crippen molar-refractivity contribution in [2.75, 3.05) is 13.1 Å². The van der Waals surface area contributed by atoms with E-state index in [1.807, 2.05) is 0 Å². The zero-order valence-electron chi connectivity index (χ0n) is 10.3. The lowest BCUT2D eigenvalue weighted by Crippen LogP contribution is -2.25. The van der Waals surface area contributed by atoms with Crippen LogP contribution >= 0.6 is 11.3 Å². The van der Waals surface area contributed by atoms with E-state index in [9.17, 15) is 4.79 Å². The number of rotatable bonds is 4. The van der Waals surface area contributed by atoms with Crippen LogP contribution in [0.15, 0.2) is 24.0 Å². The Morgan fingerprint density at radius 2 is 2.47 bits per heavy atom. The second-order valence-corrected chi connectivity index (χ2v) is 4.70. The average molecular weight is 274 g/mol. The largest absolute Gasteiger partial charge is 0.352 e. The van der Waals surface area contributed by atoms with E-state index in [1.54, 1.807) is 24.0 Å². The third-order valence-corrected chi connectivity index (χ3v) is 3.26. The first-order valence-electron chi connectivity index (χ1n) is 5.82. The average Bonchev–Trinajstić information content (AvgIpc) is 3.07. The van der Waals surface area contributed by atoms with Crippen LogP contribution in [0.1, 0.15) is 20.9 Å². The molecule has 2 aromatic rings. The molecular weight excluding hydrogens is 260 g/mol. The van der Waals surface area contributed by atoms with Crippen molar-refractivity contribution < 1.29 is 4.79 Å². The highest BCUT2D eigenvalue weighted by atomic mass is 32.1. The molecule has 0 unspecified atom stereocenters. The van der Waals surface area contributed by atoms with Gasteiger partial charge in [-0.3, -0.25) is 4.79 Å². The summed E-state index contributed by atoms with van der Waals surface area (Å²) in [7, 11) is 0. The molecule has 0 aliphatic rings. The van der Waals surface area contributed by atoms with Crippen molar-refractivity contribution in [1.82, 2.24) is 15.3 Å². The van der Waals surface area contributed by atoms with Gasteiger partial charge in [0.25, 0.3) is 5.91 Å². The Kier molecular flexibility index (Phi) is 4.72. The number of amides is 1. The molecule has 4 N–H and O–H groups in total. The first-order valence-corrected chi connectivity index (χ1v) is 6.70. The van der Waals surface area contributed by atoms with Gasteiger partial charge < -0.3 is 16.0 Å². The van der Waals surface area contributed by atoms with Crippen molar-refractivity contribution in [2.24, 2.45) is 5.73 Å². The lowest BCUT2D eigenvalue weighted by molar-refractivity contribution is 0.0954. The van der Waals surface area contributed by atoms with E-state index < -0.39 is 0 Å². The maximum atomic E-state index is 11.9. The standard InChI is InChI=1S/C13H14N4OS/c14-4-1-2-12-6-10(8-19-12)13(18)16-5-3-11-7-15-9-17-11/h6-9H,3-5,14H2,(H,15,17)(H,16,18). The molecule has 0 spiro atoms. The molecule has 0 saturated heterocycles. The van der Waals surface area contributed by atoms with Gasteiger partial charge in [0.15, 0.2) is 0 Å². The van der Waals surface area contributed by atoms with Gasteiger partial charge in [0.1, 0.15) is 0 Å². The van der Waals surface area contributed by atoms with E-state index >= 15 is 0 Å². The smallest absolute Gasteiger partial charge is 0.252 e. The fraction of sp³-hybridized carbons (Fsp3) is 0.231. The molecule has 0 fully saturated rings. The summed E-state index contributed by atoms with van der Waals surface area (Å²) in [5.41, 5.74) is 6.93. The lowest BCUT2D eigenvalue weighted by atomic mass is 10.2. The van der Waals surface area contributed by atoms with Gasteiger partial charge in [-0.25, -0.2) is 4.98 Å². The van der Waals surface area contributed by atoms with Gasteiger partial charge in [0.2, 0.25) is 0 Å². The molecule has 1 amide bonds. The molecule has 0 aliphatic heterocycles. The van der Waals surface area contributed by atoms with Gasteiger partial charge in [0.05, 0.1) is 23.3 Å². The van der Waals surface area contributed by atoms with E-state index in [2.05, 4.69) is 27.1 Å². The fourth-order valence-electron chi connectivity index (χ4n) is 1.49. The SMILES string of the molecule is NCC#Cc1cc(C(=O)NCCc2cnc[nH]2)cs1. The van der Waals surface area contributed by atoms with E-state index in [-0.39, 0.29) is 5.91 Å². The first-order chi connectivity index (χ1) is 9.29. The maximum Gasteiger partial charge on any atom is 0.252 e. The van der Waals surface area contributed by atoms with Gasteiger partial charge in [0, 0.05) is 30.2 Å². The molecule has 98 valence electrons. The number of hydrogen-bond donors (Lipinski definition) is 3. The summed E-state index contributed by atoms with van der Waals surface area (Å²) < 4.78 is 0. The molecule has 0 saturated carbocycles. The number of carbonyl (C=O) groups excluding carboxylic acids is 1. The molecule has 5 nitrogen and oxygen atoms in total. The van der Waals surface area contributed by atoms with E-state index in [0.717, 1.165) is 17.0 Å². The minimum absolute atomic E-state index is 0.0865. The Labute approximate surface area is 115 Å². The van der Waals surface area contributed by atoms with Crippen molar-refractivity contribution in [1.29, 1.82) is 0 Å². The van der Waals surface area contributed by atoms with Crippen molar-refractivity contribution in [3.63, 3.8) is 0 Å². The molecule has 2 aromatic heterocycles. The number of carbonyl (C=O) groups is 1. The number of imidazole rings is 1. The first kappa shape index (κ1) is 13.3. The van der Waals surface area contributed by atoms with Crippen LogP contribution in [-0.4, -0.2) is 29.0 Å². The van der Waals surface area contributed by atoms with Gasteiger partial charge in [-0.1, -0.05) is 11.8 Å². The molecule has 2 heterocycles. The summed E-state index contributed by atoms with van der Waals surface area (Å²) in [5.74, 6) is 5.59. The summed E-state index contributed by atoms with van der Waals surface area (Å²) in [6.07, 6.45) is 4.10. The molecule has 0 atom stereocenters. The molecule has 6 heteroatoms. The summed E-state index contributed by atoms with van der Waals surface area (Å²) >= 11 is 1.44. The summed E-state index contributed by atoms with van der Waals surface area (Å²) in [6.45, 7) is 0.893. The Bertz CT molecular complexity index is 592. The molecule has 0 bridgehead atoms. The molecule has 19 heavy (non-hydrogen) atoms. The number of thiophene rings is 1. The second-order valence-electron chi connectivity index (χ2n) is 3.79. The quantitative estimate of drug-likeness (QED) is 0.719. The molecular formula is C13H14N4OS. The highest BCUT2D eigenvalue weighted by Gasteiger charge is 2.07. The topological polar surface area (TPSA) is 83.8 Å². The summed E-state index contributed by atoms with van der Waals surface area (Å²) in [6, 6.07) is 1.78. The monoisotopic (exact) mass is 274 g/mol. The zero-order valence-corrected chi connectivity index (χ0v) is 11.1. The van der Waals surface area contributed by atoms with Crippen LogP contribution in [0.3, 0.4) is 0 Å². The number of nitrogens with zero attached hydrogens (tertiary/aromatic N) is 1. The second kappa shape index (κ2) is 6.73.